The highest BCUT2D eigenvalue weighted by Crippen LogP contribution is 2.24. The second-order valence-corrected chi connectivity index (χ2v) is 9.71. The zero-order valence-electron chi connectivity index (χ0n) is 20.8. The first-order chi connectivity index (χ1) is 16.9. The van der Waals surface area contributed by atoms with E-state index in [0.29, 0.717) is 19.0 Å². The van der Waals surface area contributed by atoms with Gasteiger partial charge < -0.3 is 20.3 Å². The van der Waals surface area contributed by atoms with Gasteiger partial charge in [0.15, 0.2) is 0 Å². The van der Waals surface area contributed by atoms with E-state index in [1.807, 2.05) is 19.1 Å². The molecule has 1 aromatic heterocycles. The first-order valence-electron chi connectivity index (χ1n) is 12.5. The Morgan fingerprint density at radius 2 is 2.17 bits per heavy atom. The fraction of sp³-hybridized carbons (Fsp3) is 0.556. The highest BCUT2D eigenvalue weighted by atomic mass is 35.5. The summed E-state index contributed by atoms with van der Waals surface area (Å²) in [6, 6.07) is 8.70. The summed E-state index contributed by atoms with van der Waals surface area (Å²) in [7, 11) is 0. The van der Waals surface area contributed by atoms with Crippen LogP contribution in [0.3, 0.4) is 0 Å². The average Bonchev–Trinajstić information content (AvgIpc) is 3.29. The molecule has 8 heteroatoms. The van der Waals surface area contributed by atoms with Crippen LogP contribution >= 0.6 is 11.6 Å². The third kappa shape index (κ3) is 8.54. The lowest BCUT2D eigenvalue weighted by molar-refractivity contribution is -0.136. The molecule has 3 rings (SSSR count). The van der Waals surface area contributed by atoms with Crippen molar-refractivity contribution in [3.8, 4) is 0 Å². The molecule has 1 aliphatic heterocycles. The van der Waals surface area contributed by atoms with Crippen molar-refractivity contribution < 1.29 is 19.7 Å². The quantitative estimate of drug-likeness (QED) is 0.358. The Hall–Kier alpha value is -2.03. The van der Waals surface area contributed by atoms with Crippen molar-refractivity contribution in [3.63, 3.8) is 0 Å². The number of aryl methyl sites for hydroxylation is 2. The number of aliphatic hydroxyl groups is 1. The third-order valence-corrected chi connectivity index (χ3v) is 7.05. The number of likely N-dealkylation sites (tertiary alicyclic amines) is 1. The lowest BCUT2D eigenvalue weighted by Gasteiger charge is -2.26. The summed E-state index contributed by atoms with van der Waals surface area (Å²) < 4.78 is 5.90. The molecular formula is C27H38ClN3O4. The van der Waals surface area contributed by atoms with Gasteiger partial charge in [0.1, 0.15) is 0 Å². The zero-order valence-corrected chi connectivity index (χ0v) is 21.5. The predicted molar refractivity (Wildman–Crippen MR) is 138 cm³/mol. The van der Waals surface area contributed by atoms with Crippen LogP contribution < -0.4 is 5.32 Å². The number of benzene rings is 1. The summed E-state index contributed by atoms with van der Waals surface area (Å²) in [5.74, 6) is -0.839. The van der Waals surface area contributed by atoms with Gasteiger partial charge in [-0.25, -0.2) is 0 Å². The van der Waals surface area contributed by atoms with Gasteiger partial charge in [-0.3, -0.25) is 14.7 Å². The van der Waals surface area contributed by atoms with Crippen molar-refractivity contribution in [2.24, 2.45) is 0 Å². The molecule has 0 amide bonds. The first-order valence-corrected chi connectivity index (χ1v) is 12.9. The van der Waals surface area contributed by atoms with E-state index in [2.05, 4.69) is 34.3 Å². The molecule has 0 aliphatic carbocycles. The number of aromatic nitrogens is 1. The summed E-state index contributed by atoms with van der Waals surface area (Å²) in [6.45, 7) is 6.46. The number of aliphatic hydroxyl groups excluding tert-OH is 1. The van der Waals surface area contributed by atoms with Crippen molar-refractivity contribution in [3.05, 3.63) is 63.9 Å². The van der Waals surface area contributed by atoms with Gasteiger partial charge in [0.2, 0.25) is 0 Å². The number of nitrogens with zero attached hydrogens (tertiary/aromatic N) is 2. The number of hydrogen-bond acceptors (Lipinski definition) is 6. The maximum absolute atomic E-state index is 10.9. The number of aliphatic carboxylic acids is 1. The number of carbonyl (C=O) groups is 1. The molecule has 0 bridgehead atoms. The van der Waals surface area contributed by atoms with E-state index in [-0.39, 0.29) is 19.1 Å². The van der Waals surface area contributed by atoms with Gasteiger partial charge in [0.25, 0.3) is 0 Å². The first kappa shape index (κ1) is 27.6. The second-order valence-electron chi connectivity index (χ2n) is 9.30. The average molecular weight is 504 g/mol. The van der Waals surface area contributed by atoms with Crippen LogP contribution in [0.2, 0.25) is 5.02 Å². The molecule has 3 N–H and O–H groups in total. The van der Waals surface area contributed by atoms with Crippen LogP contribution in [0.25, 0.3) is 0 Å². The number of carboxylic acids is 1. The Morgan fingerprint density at radius 1 is 1.34 bits per heavy atom. The Labute approximate surface area is 213 Å². The van der Waals surface area contributed by atoms with Crippen LogP contribution in [-0.4, -0.2) is 64.6 Å². The number of carboxylic acid groups (broad SMARTS) is 1. The summed E-state index contributed by atoms with van der Waals surface area (Å²) in [5.41, 5.74) is 4.30. The number of ether oxygens (including phenoxy) is 1. The van der Waals surface area contributed by atoms with Crippen LogP contribution in [0.5, 0.6) is 0 Å². The predicted octanol–water partition coefficient (Wildman–Crippen LogP) is 4.01. The van der Waals surface area contributed by atoms with Crippen LogP contribution in [0.4, 0.5) is 0 Å². The molecule has 1 aliphatic rings. The van der Waals surface area contributed by atoms with Gasteiger partial charge in [0, 0.05) is 43.1 Å². The highest BCUT2D eigenvalue weighted by molar-refractivity contribution is 6.31. The second kappa shape index (κ2) is 13.9. The Kier molecular flexibility index (Phi) is 10.9. The number of pyridine rings is 1. The molecular weight excluding hydrogens is 466 g/mol. The fourth-order valence-electron chi connectivity index (χ4n) is 4.70. The summed E-state index contributed by atoms with van der Waals surface area (Å²) >= 11 is 6.27. The highest BCUT2D eigenvalue weighted by Gasteiger charge is 2.24. The van der Waals surface area contributed by atoms with Gasteiger partial charge in [0.05, 0.1) is 18.8 Å². The van der Waals surface area contributed by atoms with Crippen molar-refractivity contribution in [1.29, 1.82) is 0 Å². The van der Waals surface area contributed by atoms with E-state index in [0.717, 1.165) is 42.2 Å². The standard InChI is InChI=1S/C27H38ClN3O4/c1-3-21-13-20(6-8-26(21)28)14-23-5-4-12-31(23)18-30-16-24(32)17-35-19(2)25-10-11-29-15-22(25)7-9-27(33)34/h6,8,10-11,13,15,19,23-24,30,32H,3-5,7,9,12,14,16-18H2,1-2H3,(H,33,34)/t19?,23-,24?/m0/s1. The van der Waals surface area contributed by atoms with Gasteiger partial charge in [-0.15, -0.1) is 0 Å². The minimum atomic E-state index is -0.839. The molecule has 3 atom stereocenters. The largest absolute Gasteiger partial charge is 0.481 e. The lowest BCUT2D eigenvalue weighted by Crippen LogP contribution is -2.42. The molecule has 1 fully saturated rings. The number of halogens is 1. The van der Waals surface area contributed by atoms with E-state index in [1.165, 1.54) is 24.0 Å². The summed E-state index contributed by atoms with van der Waals surface area (Å²) in [6.07, 6.45) is 7.23. The summed E-state index contributed by atoms with van der Waals surface area (Å²) in [4.78, 5) is 17.5. The smallest absolute Gasteiger partial charge is 0.303 e. The van der Waals surface area contributed by atoms with Gasteiger partial charge in [-0.1, -0.05) is 30.7 Å². The molecule has 2 aromatic rings. The topological polar surface area (TPSA) is 94.9 Å². The van der Waals surface area contributed by atoms with E-state index in [9.17, 15) is 9.90 Å². The molecule has 0 saturated carbocycles. The van der Waals surface area contributed by atoms with Gasteiger partial charge in [-0.2, -0.15) is 0 Å². The minimum absolute atomic E-state index is 0.0488. The zero-order chi connectivity index (χ0) is 25.2. The maximum Gasteiger partial charge on any atom is 0.303 e. The Morgan fingerprint density at radius 3 is 2.94 bits per heavy atom. The maximum atomic E-state index is 10.9. The van der Waals surface area contributed by atoms with Crippen molar-refractivity contribution in [2.45, 2.75) is 70.6 Å². The molecule has 0 spiro atoms. The molecule has 2 unspecified atom stereocenters. The van der Waals surface area contributed by atoms with E-state index in [4.69, 9.17) is 21.4 Å². The SMILES string of the molecule is CCc1cc(C[C@@H]2CCCN2CNCC(O)COC(C)c2ccncc2CCC(=O)O)ccc1Cl. The van der Waals surface area contributed by atoms with E-state index < -0.39 is 12.1 Å². The van der Waals surface area contributed by atoms with Crippen molar-refractivity contribution in [2.75, 3.05) is 26.4 Å². The van der Waals surface area contributed by atoms with Crippen LogP contribution in [-0.2, 0) is 28.8 Å². The number of rotatable bonds is 14. The Bertz CT molecular complexity index is 958. The normalized spacial score (nSPS) is 18.0. The molecule has 35 heavy (non-hydrogen) atoms. The lowest BCUT2D eigenvalue weighted by atomic mass is 10.0. The van der Waals surface area contributed by atoms with Gasteiger partial charge in [-0.05, 0) is 80.0 Å². The van der Waals surface area contributed by atoms with Crippen LogP contribution in [0, 0.1) is 0 Å². The van der Waals surface area contributed by atoms with Gasteiger partial charge >= 0.3 is 5.97 Å². The Balaban J connectivity index is 1.41. The monoisotopic (exact) mass is 503 g/mol. The van der Waals surface area contributed by atoms with Crippen molar-refractivity contribution in [1.82, 2.24) is 15.2 Å². The summed E-state index contributed by atoms with van der Waals surface area (Å²) in [5, 5.41) is 23.6. The minimum Gasteiger partial charge on any atom is -0.481 e. The number of nitrogens with one attached hydrogen (secondary N) is 1. The molecule has 1 saturated heterocycles. The molecule has 1 aromatic carbocycles. The molecule has 7 nitrogen and oxygen atoms in total. The number of hydrogen-bond donors (Lipinski definition) is 3. The third-order valence-electron chi connectivity index (χ3n) is 6.68. The van der Waals surface area contributed by atoms with E-state index >= 15 is 0 Å². The molecule has 2 heterocycles. The van der Waals surface area contributed by atoms with Crippen LogP contribution in [0.15, 0.2) is 36.7 Å². The van der Waals surface area contributed by atoms with E-state index in [1.54, 1.807) is 12.4 Å². The molecule has 0 radical (unpaired) electrons. The molecule has 192 valence electrons. The van der Waals surface area contributed by atoms with Crippen molar-refractivity contribution >= 4 is 17.6 Å². The van der Waals surface area contributed by atoms with Crippen LogP contribution in [0.1, 0.15) is 61.5 Å². The fourth-order valence-corrected chi connectivity index (χ4v) is 4.95.